The van der Waals surface area contributed by atoms with Crippen molar-refractivity contribution >= 4 is 34.6 Å². The van der Waals surface area contributed by atoms with Gasteiger partial charge in [0.25, 0.3) is 11.6 Å². The fraction of sp³-hybridized carbons (Fsp3) is 0.235. The van der Waals surface area contributed by atoms with Gasteiger partial charge in [0.05, 0.1) is 9.95 Å². The lowest BCUT2D eigenvalue weighted by Gasteiger charge is -2.17. The quantitative estimate of drug-likeness (QED) is 0.651. The average molecular weight is 364 g/mol. The molecule has 0 radical (unpaired) electrons. The molecule has 3 rings (SSSR count). The smallest absolute Gasteiger partial charge is 0.293 e. The van der Waals surface area contributed by atoms with Gasteiger partial charge in [-0.15, -0.1) is 0 Å². The van der Waals surface area contributed by atoms with Crippen LogP contribution in [0.25, 0.3) is 0 Å². The zero-order chi connectivity index (χ0) is 18.0. The summed E-state index contributed by atoms with van der Waals surface area (Å²) in [4.78, 5) is 25.2. The van der Waals surface area contributed by atoms with Crippen LogP contribution < -0.4 is 10.2 Å². The van der Waals surface area contributed by atoms with Crippen molar-refractivity contribution in [1.82, 2.24) is 0 Å². The van der Waals surface area contributed by atoms with Crippen LogP contribution in [0.1, 0.15) is 23.2 Å². The van der Waals surface area contributed by atoms with E-state index in [9.17, 15) is 19.3 Å². The molecule has 1 saturated heterocycles. The van der Waals surface area contributed by atoms with Crippen molar-refractivity contribution in [3.05, 3.63) is 62.9 Å². The van der Waals surface area contributed by atoms with Crippen LogP contribution in [0.15, 0.2) is 36.4 Å². The minimum Gasteiger partial charge on any atom is -0.366 e. The van der Waals surface area contributed by atoms with E-state index in [1.165, 1.54) is 18.2 Å². The Balaban J connectivity index is 1.86. The number of carbonyl (C=O) groups excluding carboxylic acids is 1. The van der Waals surface area contributed by atoms with E-state index >= 15 is 0 Å². The molecule has 0 aliphatic carbocycles. The summed E-state index contributed by atoms with van der Waals surface area (Å²) in [6, 6.07) is 8.18. The maximum Gasteiger partial charge on any atom is 0.293 e. The molecule has 1 aliphatic heterocycles. The highest BCUT2D eigenvalue weighted by Crippen LogP contribution is 2.32. The van der Waals surface area contributed by atoms with Crippen molar-refractivity contribution in [2.45, 2.75) is 12.8 Å². The molecule has 1 aliphatic rings. The first-order valence-electron chi connectivity index (χ1n) is 7.75. The summed E-state index contributed by atoms with van der Waals surface area (Å²) in [7, 11) is 0. The number of carbonyl (C=O) groups is 1. The molecule has 6 nitrogen and oxygen atoms in total. The Kier molecular flexibility index (Phi) is 4.85. The van der Waals surface area contributed by atoms with Crippen molar-refractivity contribution in [2.24, 2.45) is 0 Å². The molecule has 25 heavy (non-hydrogen) atoms. The summed E-state index contributed by atoms with van der Waals surface area (Å²) in [5.74, 6) is -1.12. The van der Waals surface area contributed by atoms with E-state index in [2.05, 4.69) is 5.32 Å². The highest BCUT2D eigenvalue weighted by Gasteiger charge is 2.23. The first-order valence-corrected chi connectivity index (χ1v) is 8.13. The van der Waals surface area contributed by atoms with Gasteiger partial charge in [-0.1, -0.05) is 11.6 Å². The zero-order valence-corrected chi connectivity index (χ0v) is 13.9. The van der Waals surface area contributed by atoms with Crippen molar-refractivity contribution in [3.8, 4) is 0 Å². The monoisotopic (exact) mass is 363 g/mol. The molecule has 2 aromatic carbocycles. The molecule has 1 fully saturated rings. The van der Waals surface area contributed by atoms with Gasteiger partial charge in [-0.05, 0) is 43.2 Å². The maximum atomic E-state index is 13.2. The molecule has 0 atom stereocenters. The normalized spacial score (nSPS) is 13.8. The molecular weight excluding hydrogens is 349 g/mol. The summed E-state index contributed by atoms with van der Waals surface area (Å²) in [5, 5.41) is 13.8. The largest absolute Gasteiger partial charge is 0.366 e. The maximum absolute atomic E-state index is 13.2. The number of nitrogens with one attached hydrogen (secondary N) is 1. The number of hydrogen-bond acceptors (Lipinski definition) is 4. The number of nitrogens with zero attached hydrogens (tertiary/aromatic N) is 2. The van der Waals surface area contributed by atoms with E-state index < -0.39 is 16.6 Å². The van der Waals surface area contributed by atoms with Crippen LogP contribution in [-0.4, -0.2) is 23.9 Å². The second-order valence-corrected chi connectivity index (χ2v) is 6.14. The Morgan fingerprint density at radius 1 is 1.20 bits per heavy atom. The van der Waals surface area contributed by atoms with Gasteiger partial charge < -0.3 is 10.2 Å². The molecule has 2 aromatic rings. The van der Waals surface area contributed by atoms with E-state index in [-0.39, 0.29) is 16.3 Å². The molecule has 0 bridgehead atoms. The third-order valence-corrected chi connectivity index (χ3v) is 4.35. The van der Waals surface area contributed by atoms with E-state index in [0.717, 1.165) is 32.0 Å². The van der Waals surface area contributed by atoms with Gasteiger partial charge in [-0.2, -0.15) is 0 Å². The van der Waals surface area contributed by atoms with Gasteiger partial charge in [0.1, 0.15) is 11.5 Å². The molecule has 0 unspecified atom stereocenters. The first-order chi connectivity index (χ1) is 12.0. The number of benzene rings is 2. The van der Waals surface area contributed by atoms with Gasteiger partial charge in [0.15, 0.2) is 0 Å². The Labute approximate surface area is 148 Å². The van der Waals surface area contributed by atoms with Crippen LogP contribution >= 0.6 is 11.6 Å². The minimum atomic E-state index is -0.592. The third kappa shape index (κ3) is 3.71. The number of nitro groups is 1. The summed E-state index contributed by atoms with van der Waals surface area (Å²) in [5.41, 5.74) is 0.869. The number of hydrogen-bond donors (Lipinski definition) is 1. The Morgan fingerprint density at radius 3 is 2.56 bits per heavy atom. The van der Waals surface area contributed by atoms with Crippen LogP contribution in [-0.2, 0) is 0 Å². The second-order valence-electron chi connectivity index (χ2n) is 5.74. The standard InChI is InChI=1S/C17H15ClFN3O3/c18-13-10-12(4-5-14(13)19)20-17(23)11-3-6-15(16(9-11)22(24)25)21-7-1-2-8-21/h3-6,9-10H,1-2,7-8H2,(H,20,23). The average Bonchev–Trinajstić information content (AvgIpc) is 3.12. The summed E-state index contributed by atoms with van der Waals surface area (Å²) >= 11 is 5.68. The van der Waals surface area contributed by atoms with Crippen LogP contribution in [0, 0.1) is 15.9 Å². The van der Waals surface area contributed by atoms with E-state index in [0.29, 0.717) is 11.4 Å². The van der Waals surface area contributed by atoms with Crippen molar-refractivity contribution < 1.29 is 14.1 Å². The van der Waals surface area contributed by atoms with Gasteiger partial charge >= 0.3 is 0 Å². The van der Waals surface area contributed by atoms with Gasteiger partial charge in [0.2, 0.25) is 0 Å². The molecule has 0 aromatic heterocycles. The molecule has 0 saturated carbocycles. The number of nitro benzene ring substituents is 1. The molecule has 1 amide bonds. The Hall–Kier alpha value is -2.67. The molecule has 130 valence electrons. The Bertz CT molecular complexity index is 838. The third-order valence-electron chi connectivity index (χ3n) is 4.06. The summed E-state index contributed by atoms with van der Waals surface area (Å²) in [6.07, 6.45) is 1.98. The summed E-state index contributed by atoms with van der Waals surface area (Å²) in [6.45, 7) is 1.53. The number of anilines is 2. The van der Waals surface area contributed by atoms with E-state index in [4.69, 9.17) is 11.6 Å². The fourth-order valence-electron chi connectivity index (χ4n) is 2.81. The summed E-state index contributed by atoms with van der Waals surface area (Å²) < 4.78 is 13.2. The number of halogens is 2. The van der Waals surface area contributed by atoms with Gasteiger partial charge in [-0.3, -0.25) is 14.9 Å². The lowest BCUT2D eigenvalue weighted by atomic mass is 10.1. The number of rotatable bonds is 4. The lowest BCUT2D eigenvalue weighted by Crippen LogP contribution is -2.19. The topological polar surface area (TPSA) is 75.5 Å². The molecule has 0 spiro atoms. The molecule has 8 heteroatoms. The Morgan fingerprint density at radius 2 is 1.92 bits per heavy atom. The lowest BCUT2D eigenvalue weighted by molar-refractivity contribution is -0.384. The highest BCUT2D eigenvalue weighted by molar-refractivity contribution is 6.31. The minimum absolute atomic E-state index is 0.105. The number of amides is 1. The van der Waals surface area contributed by atoms with Gasteiger partial charge in [0, 0.05) is 30.4 Å². The van der Waals surface area contributed by atoms with Crippen molar-refractivity contribution in [3.63, 3.8) is 0 Å². The predicted octanol–water partition coefficient (Wildman–Crippen LogP) is 4.24. The van der Waals surface area contributed by atoms with E-state index in [1.54, 1.807) is 12.1 Å². The zero-order valence-electron chi connectivity index (χ0n) is 13.2. The van der Waals surface area contributed by atoms with Crippen LogP contribution in [0.4, 0.5) is 21.5 Å². The van der Waals surface area contributed by atoms with Gasteiger partial charge in [-0.25, -0.2) is 4.39 Å². The fourth-order valence-corrected chi connectivity index (χ4v) is 2.99. The van der Waals surface area contributed by atoms with Crippen LogP contribution in [0.3, 0.4) is 0 Å². The predicted molar refractivity (Wildman–Crippen MR) is 93.9 cm³/mol. The highest BCUT2D eigenvalue weighted by atomic mass is 35.5. The van der Waals surface area contributed by atoms with Crippen molar-refractivity contribution in [2.75, 3.05) is 23.3 Å². The van der Waals surface area contributed by atoms with Crippen molar-refractivity contribution in [1.29, 1.82) is 0 Å². The SMILES string of the molecule is O=C(Nc1ccc(F)c(Cl)c1)c1ccc(N2CCCC2)c([N+](=O)[O-])c1. The molecule has 1 heterocycles. The van der Waals surface area contributed by atoms with E-state index in [1.807, 2.05) is 4.90 Å². The first kappa shape index (κ1) is 17.2. The molecular formula is C17H15ClFN3O3. The van der Waals surface area contributed by atoms with Crippen LogP contribution in [0.2, 0.25) is 5.02 Å². The molecule has 1 N–H and O–H groups in total. The second kappa shape index (κ2) is 7.06. The van der Waals surface area contributed by atoms with Crippen LogP contribution in [0.5, 0.6) is 0 Å².